The molecule has 1 aromatic rings. The van der Waals surface area contributed by atoms with Crippen molar-refractivity contribution in [3.63, 3.8) is 0 Å². The first-order valence-electron chi connectivity index (χ1n) is 9.26. The van der Waals surface area contributed by atoms with Gasteiger partial charge in [-0.05, 0) is 30.0 Å². The molecule has 2 rings (SSSR count). The lowest BCUT2D eigenvalue weighted by Crippen LogP contribution is -2.52. The molecular formula is C18H29N3O5S2. The molecule has 0 bridgehead atoms. The van der Waals surface area contributed by atoms with E-state index < -0.39 is 20.0 Å². The maximum absolute atomic E-state index is 12.9. The summed E-state index contributed by atoms with van der Waals surface area (Å²) in [4.78, 5) is 14.0. The predicted octanol–water partition coefficient (Wildman–Crippen LogP) is 0.924. The van der Waals surface area contributed by atoms with Crippen molar-refractivity contribution in [2.24, 2.45) is 0 Å². The molecule has 0 radical (unpaired) electrons. The van der Waals surface area contributed by atoms with Gasteiger partial charge in [-0.25, -0.2) is 16.8 Å². The summed E-state index contributed by atoms with van der Waals surface area (Å²) in [6, 6.07) is 6.97. The summed E-state index contributed by atoms with van der Waals surface area (Å²) in [5.74, 6) is 0.0410. The van der Waals surface area contributed by atoms with Crippen LogP contribution in [0.1, 0.15) is 31.7 Å². The van der Waals surface area contributed by atoms with E-state index in [-0.39, 0.29) is 43.5 Å². The van der Waals surface area contributed by atoms with Crippen LogP contribution in [0.5, 0.6) is 0 Å². The van der Waals surface area contributed by atoms with E-state index in [1.807, 2.05) is 12.1 Å². The van der Waals surface area contributed by atoms with E-state index in [0.29, 0.717) is 5.92 Å². The molecule has 1 amide bonds. The molecule has 1 saturated heterocycles. The van der Waals surface area contributed by atoms with Crippen LogP contribution in [0, 0.1) is 0 Å². The van der Waals surface area contributed by atoms with Crippen LogP contribution in [-0.2, 0) is 24.8 Å². The summed E-state index contributed by atoms with van der Waals surface area (Å²) < 4.78 is 51.0. The highest BCUT2D eigenvalue weighted by Gasteiger charge is 2.31. The Bertz CT molecular complexity index is 890. The summed E-state index contributed by atoms with van der Waals surface area (Å²) in [7, 11) is -5.71. The van der Waals surface area contributed by atoms with Crippen molar-refractivity contribution in [1.82, 2.24) is 13.5 Å². The molecule has 8 nitrogen and oxygen atoms in total. The zero-order valence-corrected chi connectivity index (χ0v) is 18.5. The lowest BCUT2D eigenvalue weighted by Gasteiger charge is -2.34. The minimum absolute atomic E-state index is 0.184. The first-order chi connectivity index (χ1) is 13.0. The van der Waals surface area contributed by atoms with Gasteiger partial charge in [0.1, 0.15) is 0 Å². The number of benzene rings is 1. The quantitative estimate of drug-likeness (QED) is 0.640. The van der Waals surface area contributed by atoms with Gasteiger partial charge in [-0.1, -0.05) is 26.0 Å². The van der Waals surface area contributed by atoms with Crippen molar-refractivity contribution < 1.29 is 21.6 Å². The average Bonchev–Trinajstić information content (AvgIpc) is 2.66. The molecule has 1 aromatic carbocycles. The summed E-state index contributed by atoms with van der Waals surface area (Å²) in [5.41, 5.74) is 1.10. The maximum Gasteiger partial charge on any atom is 0.243 e. The predicted molar refractivity (Wildman–Crippen MR) is 108 cm³/mol. The maximum atomic E-state index is 12.9. The summed E-state index contributed by atoms with van der Waals surface area (Å²) in [6.07, 6.45) is 2.02. The Labute approximate surface area is 168 Å². The minimum Gasteiger partial charge on any atom is -0.339 e. The van der Waals surface area contributed by atoms with E-state index in [9.17, 15) is 21.6 Å². The Morgan fingerprint density at radius 2 is 1.61 bits per heavy atom. The highest BCUT2D eigenvalue weighted by atomic mass is 32.2. The third-order valence-electron chi connectivity index (χ3n) is 5.21. The molecule has 0 spiro atoms. The molecule has 10 heteroatoms. The third-order valence-corrected chi connectivity index (χ3v) is 8.39. The molecular weight excluding hydrogens is 402 g/mol. The van der Waals surface area contributed by atoms with E-state index in [2.05, 4.69) is 13.8 Å². The molecule has 0 aliphatic carbocycles. The van der Waals surface area contributed by atoms with Gasteiger partial charge < -0.3 is 4.90 Å². The first-order valence-corrected chi connectivity index (χ1v) is 12.5. The largest absolute Gasteiger partial charge is 0.339 e. The van der Waals surface area contributed by atoms with E-state index >= 15 is 0 Å². The number of amides is 1. The molecule has 1 unspecified atom stereocenters. The van der Waals surface area contributed by atoms with Gasteiger partial charge in [-0.2, -0.15) is 8.61 Å². The number of nitrogens with zero attached hydrogens (tertiary/aromatic N) is 3. The molecule has 1 fully saturated rings. The second kappa shape index (κ2) is 8.89. The Balaban J connectivity index is 2.00. The van der Waals surface area contributed by atoms with Crippen molar-refractivity contribution in [3.05, 3.63) is 29.8 Å². The molecule has 0 saturated carbocycles. The van der Waals surface area contributed by atoms with Crippen LogP contribution in [0.2, 0.25) is 0 Å². The molecule has 1 aliphatic heterocycles. The second-order valence-electron chi connectivity index (χ2n) is 7.18. The Morgan fingerprint density at radius 3 is 2.07 bits per heavy atom. The lowest BCUT2D eigenvalue weighted by molar-refractivity contribution is -0.132. The molecule has 28 heavy (non-hydrogen) atoms. The van der Waals surface area contributed by atoms with Gasteiger partial charge in [-0.15, -0.1) is 0 Å². The third kappa shape index (κ3) is 5.31. The Hall–Kier alpha value is -1.49. The fraction of sp³-hybridized carbons (Fsp3) is 0.611. The van der Waals surface area contributed by atoms with E-state index in [1.165, 1.54) is 16.3 Å². The zero-order chi connectivity index (χ0) is 21.1. The van der Waals surface area contributed by atoms with E-state index in [0.717, 1.165) is 22.5 Å². The Kier molecular flexibility index (Phi) is 7.24. The smallest absolute Gasteiger partial charge is 0.243 e. The number of carbonyl (C=O) groups is 1. The van der Waals surface area contributed by atoms with E-state index in [4.69, 9.17) is 0 Å². The fourth-order valence-corrected chi connectivity index (χ4v) is 4.71. The van der Waals surface area contributed by atoms with Gasteiger partial charge >= 0.3 is 0 Å². The van der Waals surface area contributed by atoms with Crippen LogP contribution < -0.4 is 0 Å². The van der Waals surface area contributed by atoms with Crippen LogP contribution in [-0.4, -0.2) is 82.3 Å². The van der Waals surface area contributed by atoms with Crippen molar-refractivity contribution in [1.29, 1.82) is 0 Å². The van der Waals surface area contributed by atoms with Crippen LogP contribution in [0.15, 0.2) is 29.2 Å². The number of hydrogen-bond acceptors (Lipinski definition) is 5. The molecule has 0 N–H and O–H groups in total. The van der Waals surface area contributed by atoms with Crippen LogP contribution in [0.3, 0.4) is 0 Å². The average molecular weight is 432 g/mol. The van der Waals surface area contributed by atoms with Gasteiger partial charge in [0.05, 0.1) is 17.7 Å². The molecule has 1 aliphatic rings. The number of piperazine rings is 1. The van der Waals surface area contributed by atoms with Gasteiger partial charge in [0.25, 0.3) is 0 Å². The highest BCUT2D eigenvalue weighted by molar-refractivity contribution is 7.89. The van der Waals surface area contributed by atoms with Crippen molar-refractivity contribution in [2.45, 2.75) is 31.1 Å². The molecule has 1 atom stereocenters. The van der Waals surface area contributed by atoms with Crippen molar-refractivity contribution in [2.75, 3.05) is 46.0 Å². The topological polar surface area (TPSA) is 95.1 Å². The summed E-state index contributed by atoms with van der Waals surface area (Å²) in [6.45, 7) is 4.78. The van der Waals surface area contributed by atoms with Gasteiger partial charge in [0, 0.05) is 33.2 Å². The van der Waals surface area contributed by atoms with Gasteiger partial charge in [0.2, 0.25) is 26.0 Å². The lowest BCUT2D eigenvalue weighted by atomic mass is 9.99. The normalized spacial score (nSPS) is 17.7. The standard InChI is InChI=1S/C18H29N3O5S2/c1-5-15(2)16-6-8-17(9-7-16)28(25,26)21-12-10-20(11-13-21)18(22)14-19(3)27(4,23)24/h6-9,15H,5,10-14H2,1-4H3. The number of hydrogen-bond donors (Lipinski definition) is 0. The van der Waals surface area contributed by atoms with Crippen molar-refractivity contribution in [3.8, 4) is 0 Å². The number of sulfonamides is 2. The number of carbonyl (C=O) groups excluding carboxylic acids is 1. The summed E-state index contributed by atoms with van der Waals surface area (Å²) in [5, 5.41) is 0. The van der Waals surface area contributed by atoms with Gasteiger partial charge in [-0.3, -0.25) is 4.79 Å². The number of likely N-dealkylation sites (N-methyl/N-ethyl adjacent to an activating group) is 1. The highest BCUT2D eigenvalue weighted by Crippen LogP contribution is 2.23. The first kappa shape index (κ1) is 22.8. The Morgan fingerprint density at radius 1 is 1.07 bits per heavy atom. The second-order valence-corrected chi connectivity index (χ2v) is 11.2. The zero-order valence-electron chi connectivity index (χ0n) is 16.8. The van der Waals surface area contributed by atoms with Crippen LogP contribution in [0.25, 0.3) is 0 Å². The van der Waals surface area contributed by atoms with Crippen LogP contribution >= 0.6 is 0 Å². The number of rotatable bonds is 7. The monoisotopic (exact) mass is 431 g/mol. The molecule has 1 heterocycles. The van der Waals surface area contributed by atoms with Gasteiger partial charge in [0.15, 0.2) is 0 Å². The van der Waals surface area contributed by atoms with Crippen molar-refractivity contribution >= 4 is 26.0 Å². The fourth-order valence-electron chi connectivity index (χ4n) is 2.94. The summed E-state index contributed by atoms with van der Waals surface area (Å²) >= 11 is 0. The van der Waals surface area contributed by atoms with Crippen LogP contribution in [0.4, 0.5) is 0 Å². The van der Waals surface area contributed by atoms with E-state index in [1.54, 1.807) is 12.1 Å². The SMILES string of the molecule is CCC(C)c1ccc(S(=O)(=O)N2CCN(C(=O)CN(C)S(C)(=O)=O)CC2)cc1. The molecule has 158 valence electrons. The minimum atomic E-state index is -3.62. The molecule has 0 aromatic heterocycles.